The van der Waals surface area contributed by atoms with Crippen LogP contribution in [0.15, 0.2) is 71.8 Å². The SMILES string of the molecule is CCOc1cc(/C=N/NC(=O)CN(c2ccc(Cl)c(Cl)c2)S(C)(=O)=O)ccc1OCc1ccccc1. The zero-order chi connectivity index (χ0) is 26.1. The molecule has 8 nitrogen and oxygen atoms in total. The number of sulfonamides is 1. The Hall–Kier alpha value is -3.27. The molecule has 0 aromatic heterocycles. The number of amides is 1. The molecule has 0 bridgehead atoms. The standard InChI is InChI=1S/C25H25Cl2N3O5S/c1-3-34-24-13-19(9-12-23(24)35-17-18-7-5-4-6-8-18)15-28-29-25(31)16-30(36(2,32)33)20-10-11-21(26)22(27)14-20/h4-15H,3,16-17H2,1-2H3,(H,29,31)/b28-15+. The minimum atomic E-state index is -3.77. The monoisotopic (exact) mass is 549 g/mol. The van der Waals surface area contributed by atoms with Crippen LogP contribution in [-0.2, 0) is 21.4 Å². The van der Waals surface area contributed by atoms with E-state index in [1.165, 1.54) is 24.4 Å². The van der Waals surface area contributed by atoms with E-state index in [1.807, 2.05) is 37.3 Å². The van der Waals surface area contributed by atoms with Crippen LogP contribution in [0.25, 0.3) is 0 Å². The normalized spacial score (nSPS) is 11.3. The lowest BCUT2D eigenvalue weighted by Gasteiger charge is -2.21. The number of anilines is 1. The summed E-state index contributed by atoms with van der Waals surface area (Å²) >= 11 is 11.9. The summed E-state index contributed by atoms with van der Waals surface area (Å²) in [4.78, 5) is 12.4. The minimum absolute atomic E-state index is 0.169. The van der Waals surface area contributed by atoms with E-state index in [1.54, 1.807) is 18.2 Å². The van der Waals surface area contributed by atoms with Crippen molar-refractivity contribution in [3.05, 3.63) is 87.9 Å². The summed E-state index contributed by atoms with van der Waals surface area (Å²) in [5.41, 5.74) is 4.22. The smallest absolute Gasteiger partial charge is 0.260 e. The first-order valence-electron chi connectivity index (χ1n) is 10.9. The van der Waals surface area contributed by atoms with Gasteiger partial charge in [-0.05, 0) is 54.4 Å². The molecule has 3 rings (SSSR count). The second kappa shape index (κ2) is 12.6. The first kappa shape index (κ1) is 27.3. The van der Waals surface area contributed by atoms with Gasteiger partial charge in [0.05, 0.1) is 34.8 Å². The molecule has 0 saturated carbocycles. The molecule has 1 amide bonds. The van der Waals surface area contributed by atoms with Gasteiger partial charge in [-0.15, -0.1) is 0 Å². The van der Waals surface area contributed by atoms with Crippen molar-refractivity contribution in [3.63, 3.8) is 0 Å². The van der Waals surface area contributed by atoms with Gasteiger partial charge in [-0.25, -0.2) is 13.8 Å². The molecule has 0 radical (unpaired) electrons. The Labute approximate surface area is 220 Å². The van der Waals surface area contributed by atoms with Gasteiger partial charge in [0, 0.05) is 0 Å². The van der Waals surface area contributed by atoms with Gasteiger partial charge in [-0.1, -0.05) is 53.5 Å². The van der Waals surface area contributed by atoms with Crippen LogP contribution >= 0.6 is 23.2 Å². The first-order valence-corrected chi connectivity index (χ1v) is 13.5. The third-order valence-electron chi connectivity index (χ3n) is 4.79. The lowest BCUT2D eigenvalue weighted by Crippen LogP contribution is -2.39. The highest BCUT2D eigenvalue weighted by atomic mass is 35.5. The lowest BCUT2D eigenvalue weighted by molar-refractivity contribution is -0.119. The van der Waals surface area contributed by atoms with Crippen LogP contribution in [0, 0.1) is 0 Å². The van der Waals surface area contributed by atoms with Gasteiger partial charge in [-0.2, -0.15) is 5.10 Å². The summed E-state index contributed by atoms with van der Waals surface area (Å²) in [6.45, 7) is 2.20. The number of benzene rings is 3. The van der Waals surface area contributed by atoms with E-state index < -0.39 is 22.5 Å². The number of carbonyl (C=O) groups excluding carboxylic acids is 1. The molecule has 0 unspecified atom stereocenters. The maximum atomic E-state index is 12.4. The quantitative estimate of drug-likeness (QED) is 0.271. The number of nitrogens with zero attached hydrogens (tertiary/aromatic N) is 2. The summed E-state index contributed by atoms with van der Waals surface area (Å²) in [6, 6.07) is 19.3. The van der Waals surface area contributed by atoms with Crippen molar-refractivity contribution in [1.29, 1.82) is 0 Å². The molecule has 0 aliphatic heterocycles. The molecule has 0 heterocycles. The van der Waals surface area contributed by atoms with E-state index in [9.17, 15) is 13.2 Å². The van der Waals surface area contributed by atoms with Gasteiger partial charge in [-0.3, -0.25) is 9.10 Å². The van der Waals surface area contributed by atoms with E-state index in [0.717, 1.165) is 16.1 Å². The average molecular weight is 550 g/mol. The summed E-state index contributed by atoms with van der Waals surface area (Å²) in [7, 11) is -3.77. The molecule has 36 heavy (non-hydrogen) atoms. The number of hydrazone groups is 1. The fraction of sp³-hybridized carbons (Fsp3) is 0.200. The second-order valence-corrected chi connectivity index (χ2v) is 10.3. The Bertz CT molecular complexity index is 1330. The van der Waals surface area contributed by atoms with E-state index in [4.69, 9.17) is 32.7 Å². The summed E-state index contributed by atoms with van der Waals surface area (Å²) < 4.78 is 37.0. The molecule has 0 atom stereocenters. The fourth-order valence-corrected chi connectivity index (χ4v) is 4.25. The molecule has 0 spiro atoms. The zero-order valence-corrected chi connectivity index (χ0v) is 22.0. The first-order chi connectivity index (χ1) is 17.2. The third-order valence-corrected chi connectivity index (χ3v) is 6.67. The number of carbonyl (C=O) groups is 1. The number of nitrogens with one attached hydrogen (secondary N) is 1. The lowest BCUT2D eigenvalue weighted by atomic mass is 10.2. The largest absolute Gasteiger partial charge is 0.490 e. The number of ether oxygens (including phenoxy) is 2. The van der Waals surface area contributed by atoms with Gasteiger partial charge >= 0.3 is 0 Å². The number of halogens is 2. The average Bonchev–Trinajstić information content (AvgIpc) is 2.84. The number of rotatable bonds is 11. The maximum absolute atomic E-state index is 12.4. The Morgan fingerprint density at radius 3 is 2.42 bits per heavy atom. The molecular weight excluding hydrogens is 525 g/mol. The topological polar surface area (TPSA) is 97.3 Å². The van der Waals surface area contributed by atoms with Crippen LogP contribution in [0.4, 0.5) is 5.69 Å². The maximum Gasteiger partial charge on any atom is 0.260 e. The van der Waals surface area contributed by atoms with Gasteiger partial charge in [0.25, 0.3) is 5.91 Å². The Morgan fingerprint density at radius 2 is 1.75 bits per heavy atom. The molecular formula is C25H25Cl2N3O5S. The van der Waals surface area contributed by atoms with Gasteiger partial charge in [0.15, 0.2) is 11.5 Å². The van der Waals surface area contributed by atoms with E-state index in [-0.39, 0.29) is 15.7 Å². The Morgan fingerprint density at radius 1 is 1.00 bits per heavy atom. The van der Waals surface area contributed by atoms with Crippen LogP contribution < -0.4 is 19.2 Å². The van der Waals surface area contributed by atoms with Crippen LogP contribution in [0.1, 0.15) is 18.1 Å². The van der Waals surface area contributed by atoms with E-state index >= 15 is 0 Å². The Balaban J connectivity index is 1.66. The van der Waals surface area contributed by atoms with Crippen LogP contribution in [-0.4, -0.2) is 39.9 Å². The molecule has 0 saturated heterocycles. The van der Waals surface area contributed by atoms with Crippen LogP contribution in [0.2, 0.25) is 10.0 Å². The highest BCUT2D eigenvalue weighted by molar-refractivity contribution is 7.92. The van der Waals surface area contributed by atoms with Crippen molar-refractivity contribution in [2.45, 2.75) is 13.5 Å². The molecule has 11 heteroatoms. The Kier molecular flexibility index (Phi) is 9.58. The van der Waals surface area contributed by atoms with Crippen molar-refractivity contribution in [2.24, 2.45) is 5.10 Å². The van der Waals surface area contributed by atoms with Crippen molar-refractivity contribution < 1.29 is 22.7 Å². The minimum Gasteiger partial charge on any atom is -0.490 e. The summed E-state index contributed by atoms with van der Waals surface area (Å²) in [5, 5.41) is 4.38. The van der Waals surface area contributed by atoms with E-state index in [2.05, 4.69) is 10.5 Å². The van der Waals surface area contributed by atoms with Gasteiger partial charge < -0.3 is 9.47 Å². The molecule has 190 valence electrons. The highest BCUT2D eigenvalue weighted by Crippen LogP contribution is 2.29. The summed E-state index contributed by atoms with van der Waals surface area (Å²) in [5.74, 6) is 0.467. The van der Waals surface area contributed by atoms with Crippen molar-refractivity contribution in [1.82, 2.24) is 5.43 Å². The van der Waals surface area contributed by atoms with E-state index in [0.29, 0.717) is 30.3 Å². The van der Waals surface area contributed by atoms with Crippen molar-refractivity contribution >= 4 is 51.0 Å². The van der Waals surface area contributed by atoms with Crippen LogP contribution in [0.5, 0.6) is 11.5 Å². The highest BCUT2D eigenvalue weighted by Gasteiger charge is 2.21. The molecule has 3 aromatic carbocycles. The van der Waals surface area contributed by atoms with Crippen molar-refractivity contribution in [2.75, 3.05) is 23.7 Å². The predicted octanol–water partition coefficient (Wildman–Crippen LogP) is 4.89. The van der Waals surface area contributed by atoms with Gasteiger partial charge in [0.2, 0.25) is 10.0 Å². The molecule has 0 aliphatic carbocycles. The van der Waals surface area contributed by atoms with Crippen molar-refractivity contribution in [3.8, 4) is 11.5 Å². The molecule has 0 aliphatic rings. The predicted molar refractivity (Wildman–Crippen MR) is 143 cm³/mol. The molecule has 1 N–H and O–H groups in total. The number of hydrogen-bond donors (Lipinski definition) is 1. The number of hydrogen-bond acceptors (Lipinski definition) is 6. The summed E-state index contributed by atoms with van der Waals surface area (Å²) in [6.07, 6.45) is 2.41. The van der Waals surface area contributed by atoms with Crippen LogP contribution in [0.3, 0.4) is 0 Å². The zero-order valence-electron chi connectivity index (χ0n) is 19.6. The second-order valence-electron chi connectivity index (χ2n) is 7.57. The third kappa shape index (κ3) is 7.87. The van der Waals surface area contributed by atoms with Gasteiger partial charge in [0.1, 0.15) is 13.2 Å². The molecule has 0 fully saturated rings. The fourth-order valence-electron chi connectivity index (χ4n) is 3.11. The molecule has 3 aromatic rings.